The van der Waals surface area contributed by atoms with Crippen LogP contribution in [0.4, 0.5) is 15.8 Å². The van der Waals surface area contributed by atoms with E-state index in [1.54, 1.807) is 35.9 Å². The third-order valence-electron chi connectivity index (χ3n) is 17.3. The van der Waals surface area contributed by atoms with Gasteiger partial charge >= 0.3 is 5.69 Å². The Morgan fingerprint density at radius 2 is 1.56 bits per heavy atom. The lowest BCUT2D eigenvalue weighted by atomic mass is 9.55. The molecule has 3 aromatic carbocycles. The molecule has 2 aliphatic carbocycles. The van der Waals surface area contributed by atoms with Crippen molar-refractivity contribution in [3.8, 4) is 0 Å². The Morgan fingerprint density at radius 1 is 0.829 bits per heavy atom. The number of hydrogen-bond donors (Lipinski definition) is 4. The molecular formula is C53H63Cl2FN8O6. The molecule has 2 spiro atoms. The topological polar surface area (TPSA) is 159 Å². The van der Waals surface area contributed by atoms with Gasteiger partial charge in [0.1, 0.15) is 17.3 Å². The number of rotatable bonds is 9. The maximum Gasteiger partial charge on any atom is 0.329 e. The zero-order chi connectivity index (χ0) is 48.5. The highest BCUT2D eigenvalue weighted by Crippen LogP contribution is 2.63. The van der Waals surface area contributed by atoms with Gasteiger partial charge in [0.2, 0.25) is 23.6 Å². The second-order valence-electron chi connectivity index (χ2n) is 21.2. The van der Waals surface area contributed by atoms with Crippen LogP contribution in [-0.4, -0.2) is 100 Å². The second-order valence-corrected chi connectivity index (χ2v) is 22.1. The number of ether oxygens (including phenoxy) is 1. The molecule has 372 valence electrons. The van der Waals surface area contributed by atoms with E-state index >= 15 is 4.39 Å². The summed E-state index contributed by atoms with van der Waals surface area (Å²) in [4.78, 5) is 72.1. The Morgan fingerprint density at radius 3 is 2.29 bits per heavy atom. The van der Waals surface area contributed by atoms with E-state index in [0.29, 0.717) is 41.4 Å². The van der Waals surface area contributed by atoms with Crippen molar-refractivity contribution in [2.24, 2.45) is 13.0 Å². The van der Waals surface area contributed by atoms with Gasteiger partial charge in [-0.25, -0.2) is 9.18 Å². The van der Waals surface area contributed by atoms with Crippen LogP contribution in [-0.2, 0) is 36.4 Å². The number of benzene rings is 3. The fourth-order valence-corrected chi connectivity index (χ4v) is 14.2. The van der Waals surface area contributed by atoms with Crippen molar-refractivity contribution in [2.45, 2.75) is 144 Å². The summed E-state index contributed by atoms with van der Waals surface area (Å²) in [6.45, 7) is 4.72. The summed E-state index contributed by atoms with van der Waals surface area (Å²) in [5, 5.41) is 13.1. The van der Waals surface area contributed by atoms with Gasteiger partial charge in [0.05, 0.1) is 34.3 Å². The predicted octanol–water partition coefficient (Wildman–Crippen LogP) is 7.24. The van der Waals surface area contributed by atoms with Crippen molar-refractivity contribution in [2.75, 3.05) is 42.9 Å². The number of halogens is 3. The Balaban J connectivity index is 0.675. The number of imide groups is 1. The molecule has 5 aliphatic heterocycles. The fourth-order valence-electron chi connectivity index (χ4n) is 13.9. The molecule has 4 saturated heterocycles. The fraction of sp³-hybridized carbons (Fsp3) is 0.566. The Hall–Kier alpha value is -4.80. The molecule has 14 nitrogen and oxygen atoms in total. The van der Waals surface area contributed by atoms with Gasteiger partial charge in [0.25, 0.3) is 0 Å². The summed E-state index contributed by atoms with van der Waals surface area (Å²) in [5.41, 5.74) is 1.82. The van der Waals surface area contributed by atoms with E-state index in [0.717, 1.165) is 120 Å². The lowest BCUT2D eigenvalue weighted by Crippen LogP contribution is -2.60. The molecule has 70 heavy (non-hydrogen) atoms. The molecular weight excluding hydrogens is 935 g/mol. The third-order valence-corrected chi connectivity index (χ3v) is 17.9. The number of carbonyl (C=O) groups excluding carboxylic acids is 4. The molecule has 4 N–H and O–H groups in total. The lowest BCUT2D eigenvalue weighted by molar-refractivity contribution is -0.136. The smallest absolute Gasteiger partial charge is 0.329 e. The van der Waals surface area contributed by atoms with Crippen molar-refractivity contribution < 1.29 is 28.3 Å². The molecule has 17 heteroatoms. The summed E-state index contributed by atoms with van der Waals surface area (Å²) in [6, 6.07) is 14.7. The predicted molar refractivity (Wildman–Crippen MR) is 267 cm³/mol. The van der Waals surface area contributed by atoms with Crippen LogP contribution in [0.5, 0.6) is 0 Å². The summed E-state index contributed by atoms with van der Waals surface area (Å²) >= 11 is 12.9. The second kappa shape index (κ2) is 19.0. The monoisotopic (exact) mass is 996 g/mol. The van der Waals surface area contributed by atoms with Crippen LogP contribution in [0, 0.1) is 11.7 Å². The molecule has 6 fully saturated rings. The average molecular weight is 998 g/mol. The number of likely N-dealkylation sites (tertiary alicyclic amines) is 1. The lowest BCUT2D eigenvalue weighted by Gasteiger charge is -2.47. The third kappa shape index (κ3) is 8.25. The molecule has 4 atom stereocenters. The van der Waals surface area contributed by atoms with E-state index in [4.69, 9.17) is 27.9 Å². The van der Waals surface area contributed by atoms with Crippen LogP contribution in [0.2, 0.25) is 10.0 Å². The van der Waals surface area contributed by atoms with Gasteiger partial charge in [-0.15, -0.1) is 0 Å². The number of piperidine rings is 3. The normalized spacial score (nSPS) is 28.7. The van der Waals surface area contributed by atoms with Crippen LogP contribution in [0.25, 0.3) is 11.0 Å². The summed E-state index contributed by atoms with van der Waals surface area (Å²) in [7, 11) is 1.73. The standard InChI is InChI=1S/C53H63Cl2FN8O6/c1-61-43-29-34(13-15-41(43)64(51(61)69)42-16-17-44(65)59-48(42)66)63-26-20-36(21-27-63)70-35-18-24-62(25-19-35)30-31-8-11-33(12-9-31)57-49(67)47-45(37-6-5-7-39(55)46(37)56)53(52(60-47)22-3-2-4-23-52)38-14-10-32(54)28-40(38)58-50(53)68/h5-7,10,13-15,28-29,31,33,35-36,42,45,47,60H,2-4,8-9,11-12,16-27,30H2,1H3,(H,57,67)(H,58,68)(H,59,65,66)/t31?,33?,42?,45-,47+,53+/m0/s1. The molecule has 6 heterocycles. The van der Waals surface area contributed by atoms with Crippen LogP contribution >= 0.6 is 23.2 Å². The first-order valence-electron chi connectivity index (χ1n) is 25.6. The number of anilines is 2. The first-order valence-corrected chi connectivity index (χ1v) is 26.4. The van der Waals surface area contributed by atoms with Crippen molar-refractivity contribution in [1.82, 2.24) is 30.0 Å². The number of hydrogen-bond acceptors (Lipinski definition) is 9. The van der Waals surface area contributed by atoms with Gasteiger partial charge in [-0.3, -0.25) is 38.9 Å². The van der Waals surface area contributed by atoms with E-state index in [1.165, 1.54) is 10.6 Å². The largest absolute Gasteiger partial charge is 0.375 e. The van der Waals surface area contributed by atoms with E-state index in [2.05, 4.69) is 31.1 Å². The van der Waals surface area contributed by atoms with E-state index < -0.39 is 40.7 Å². The van der Waals surface area contributed by atoms with Crippen LogP contribution < -0.4 is 31.9 Å². The maximum atomic E-state index is 16.4. The molecule has 11 rings (SSSR count). The number of nitrogens with one attached hydrogen (secondary N) is 4. The summed E-state index contributed by atoms with van der Waals surface area (Å²) in [5.74, 6) is -2.09. The Bertz CT molecular complexity index is 2770. The van der Waals surface area contributed by atoms with Crippen molar-refractivity contribution in [3.63, 3.8) is 0 Å². The van der Waals surface area contributed by atoms with Gasteiger partial charge in [-0.05, 0) is 124 Å². The molecule has 2 saturated carbocycles. The highest BCUT2D eigenvalue weighted by atomic mass is 35.5. The minimum absolute atomic E-state index is 0.0214. The molecule has 1 unspecified atom stereocenters. The summed E-state index contributed by atoms with van der Waals surface area (Å²) < 4.78 is 26.2. The minimum atomic E-state index is -1.26. The van der Waals surface area contributed by atoms with Crippen molar-refractivity contribution in [3.05, 3.63) is 92.1 Å². The zero-order valence-corrected chi connectivity index (χ0v) is 41.3. The van der Waals surface area contributed by atoms with Crippen molar-refractivity contribution >= 4 is 69.2 Å². The van der Waals surface area contributed by atoms with Crippen molar-refractivity contribution in [1.29, 1.82) is 0 Å². The zero-order valence-electron chi connectivity index (χ0n) is 39.8. The highest BCUT2D eigenvalue weighted by molar-refractivity contribution is 6.31. The van der Waals surface area contributed by atoms with Gasteiger partial charge in [-0.1, -0.05) is 60.7 Å². The number of imidazole rings is 1. The van der Waals surface area contributed by atoms with Gasteiger partial charge in [0.15, 0.2) is 0 Å². The Labute approximate surface area is 417 Å². The first-order chi connectivity index (χ1) is 33.8. The van der Waals surface area contributed by atoms with Gasteiger partial charge in [-0.2, -0.15) is 0 Å². The number of fused-ring (bicyclic) bond motifs is 4. The Kier molecular flexibility index (Phi) is 12.9. The maximum absolute atomic E-state index is 16.4. The quantitative estimate of drug-likeness (QED) is 0.127. The van der Waals surface area contributed by atoms with Crippen LogP contribution in [0.15, 0.2) is 59.4 Å². The molecule has 7 aliphatic rings. The number of nitrogens with zero attached hydrogens (tertiary/aromatic N) is 4. The number of carbonyl (C=O) groups is 4. The van der Waals surface area contributed by atoms with Crippen LogP contribution in [0.1, 0.15) is 119 Å². The van der Waals surface area contributed by atoms with Gasteiger partial charge in [0, 0.05) is 80.1 Å². The SMILES string of the molecule is Cn1c(=O)n(C2CCC(=O)NC2=O)c2ccc(N3CCC(OC4CCN(CC5CCC(NC(=O)[C@@H]6NC7(CCCCC7)[C@@]7(C(=O)Nc8cc(Cl)ccc87)[C@H]6c6cccc(Cl)c6F)CC5)CC4)CC3)cc21. The average Bonchev–Trinajstić information content (AvgIpc) is 3.91. The summed E-state index contributed by atoms with van der Waals surface area (Å²) in [6.07, 6.45) is 12.7. The number of aromatic nitrogens is 2. The van der Waals surface area contributed by atoms with Gasteiger partial charge < -0.3 is 25.2 Å². The molecule has 1 aromatic heterocycles. The minimum Gasteiger partial charge on any atom is -0.375 e. The molecule has 4 amide bonds. The van der Waals surface area contributed by atoms with E-state index in [-0.39, 0.29) is 58.7 Å². The van der Waals surface area contributed by atoms with E-state index in [9.17, 15) is 24.0 Å². The molecule has 0 bridgehead atoms. The van der Waals surface area contributed by atoms with E-state index in [1.807, 2.05) is 24.3 Å². The first kappa shape index (κ1) is 47.5. The highest BCUT2D eigenvalue weighted by Gasteiger charge is 2.72. The number of amides is 4. The molecule has 0 radical (unpaired) electrons. The van der Waals surface area contributed by atoms with Crippen LogP contribution in [0.3, 0.4) is 0 Å². The number of aryl methyl sites for hydroxylation is 1. The molecule has 4 aromatic rings.